The van der Waals surface area contributed by atoms with Gasteiger partial charge in [-0.3, -0.25) is 43.0 Å². The molecule has 1 atom stereocenters. The Labute approximate surface area is 353 Å². The number of rotatable bonds is 23. The number of nitrogens with one attached hydrogen (secondary N) is 4. The highest BCUT2D eigenvalue weighted by atomic mass is 127. The van der Waals surface area contributed by atoms with Crippen LogP contribution in [0.4, 0.5) is 11.4 Å². The van der Waals surface area contributed by atoms with Gasteiger partial charge in [0.15, 0.2) is 5.78 Å². The van der Waals surface area contributed by atoms with E-state index in [2.05, 4.69) is 20.7 Å². The summed E-state index contributed by atoms with van der Waals surface area (Å²) in [7, 11) is -3.94. The van der Waals surface area contributed by atoms with Crippen molar-refractivity contribution in [2.75, 3.05) is 62.4 Å². The number of carboxylic acid groups (broad SMARTS) is 1. The largest absolute Gasteiger partial charge is 0.506 e. The predicted octanol–water partition coefficient (Wildman–Crippen LogP) is 1.10. The Bertz CT molecular complexity index is 1980. The summed E-state index contributed by atoms with van der Waals surface area (Å²) in [4.78, 5) is 65.7. The highest BCUT2D eigenvalue weighted by Crippen LogP contribution is 2.27. The molecule has 0 aliphatic heterocycles. The molecular formula is C34H41I2N7O11S2. The smallest absolute Gasteiger partial charge is 0.317 e. The number of sulfonamides is 1. The van der Waals surface area contributed by atoms with Crippen LogP contribution in [0.5, 0.6) is 5.75 Å². The van der Waals surface area contributed by atoms with Gasteiger partial charge in [0, 0.05) is 50.4 Å². The molecule has 3 aromatic rings. The molecule has 0 saturated heterocycles. The summed E-state index contributed by atoms with van der Waals surface area (Å²) >= 11 is 1.75. The molecule has 9 N–H and O–H groups in total. The number of hydrogen-bond acceptors (Lipinski definition) is 11. The van der Waals surface area contributed by atoms with Gasteiger partial charge in [-0.2, -0.15) is 0 Å². The molecule has 0 aliphatic rings. The van der Waals surface area contributed by atoms with Crippen LogP contribution in [-0.2, 0) is 58.1 Å². The van der Waals surface area contributed by atoms with Crippen molar-refractivity contribution < 1.29 is 51.4 Å². The molecule has 1 unspecified atom stereocenters. The maximum absolute atomic E-state index is 13.1. The minimum absolute atomic E-state index is 0.00535. The van der Waals surface area contributed by atoms with E-state index in [0.717, 1.165) is 5.56 Å². The number of phenols is 1. The van der Waals surface area contributed by atoms with Crippen molar-refractivity contribution >= 4 is 107 Å². The van der Waals surface area contributed by atoms with Crippen molar-refractivity contribution in [3.05, 3.63) is 78.9 Å². The number of carbonyl (C=O) groups is 5. The average Bonchev–Trinajstić information content (AvgIpc) is 3.10. The zero-order chi connectivity index (χ0) is 41.4. The van der Waals surface area contributed by atoms with Crippen LogP contribution in [0.3, 0.4) is 0 Å². The number of aliphatic carboxylic acids is 1. The molecule has 0 aromatic heterocycles. The maximum atomic E-state index is 13.1. The van der Waals surface area contributed by atoms with Gasteiger partial charge in [0.25, 0.3) is 11.3 Å². The molecule has 0 radical (unpaired) electrons. The van der Waals surface area contributed by atoms with Crippen LogP contribution in [0.1, 0.15) is 17.5 Å². The van der Waals surface area contributed by atoms with E-state index >= 15 is 0 Å². The third-order valence-electron chi connectivity index (χ3n) is 7.74. The highest BCUT2D eigenvalue weighted by molar-refractivity contribution is 14.1. The summed E-state index contributed by atoms with van der Waals surface area (Å²) in [6, 6.07) is 14.9. The first-order valence-corrected chi connectivity index (χ1v) is 21.5. The van der Waals surface area contributed by atoms with Crippen LogP contribution in [0, 0.1) is 7.14 Å². The molecule has 0 aliphatic carbocycles. The van der Waals surface area contributed by atoms with Crippen molar-refractivity contribution in [1.82, 2.24) is 20.4 Å². The Morgan fingerprint density at radius 3 is 1.84 bits per heavy atom. The van der Waals surface area contributed by atoms with Crippen LogP contribution in [0.2, 0.25) is 0 Å². The van der Waals surface area contributed by atoms with E-state index < -0.39 is 45.6 Å². The van der Waals surface area contributed by atoms with Crippen LogP contribution in [0.25, 0.3) is 0 Å². The highest BCUT2D eigenvalue weighted by Gasteiger charge is 2.20. The summed E-state index contributed by atoms with van der Waals surface area (Å²) in [6.07, 6.45) is 0.528. The van der Waals surface area contributed by atoms with Crippen LogP contribution in [0.15, 0.2) is 65.6 Å². The van der Waals surface area contributed by atoms with Crippen LogP contribution >= 0.6 is 45.2 Å². The fraction of sp³-hybridized carbons (Fsp3) is 0.324. The molecule has 22 heteroatoms. The zero-order valence-electron chi connectivity index (χ0n) is 29.7. The summed E-state index contributed by atoms with van der Waals surface area (Å²) < 4.78 is 46.8. The lowest BCUT2D eigenvalue weighted by Crippen LogP contribution is -2.46. The molecule has 3 aromatic carbocycles. The van der Waals surface area contributed by atoms with E-state index in [0.29, 0.717) is 30.5 Å². The third kappa shape index (κ3) is 17.6. The number of Topliss-reactive ketones (excluding diaryl/α,β-unsaturated/α-hetero) is 1. The summed E-state index contributed by atoms with van der Waals surface area (Å²) in [5.41, 5.74) is 2.06. The van der Waals surface area contributed by atoms with Crippen molar-refractivity contribution in [1.29, 1.82) is 0 Å². The second-order valence-electron chi connectivity index (χ2n) is 12.3. The molecule has 3 rings (SSSR count). The molecule has 0 spiro atoms. The molecule has 0 bridgehead atoms. The SMILES string of the molecule is NS(=O)(=O)c1ccc(CC(=O)CN(CCN(CC(=O)O)CC(=O)Nc2ccc(NS(=O)O)cc2)CC(=O)NCCNC(=O)CCc2cc(I)c(O)c(I)c2)cc1. The number of phenolic OH excluding ortho intramolecular Hbond substituents is 1. The number of carboxylic acids is 1. The minimum atomic E-state index is -3.94. The van der Waals surface area contributed by atoms with Gasteiger partial charge in [-0.05, 0) is 111 Å². The number of nitrogens with zero attached hydrogens (tertiary/aromatic N) is 2. The summed E-state index contributed by atoms with van der Waals surface area (Å²) in [5.74, 6) is -2.65. The second-order valence-corrected chi connectivity index (χ2v) is 16.9. The fourth-order valence-corrected chi connectivity index (χ4v) is 7.88. The Kier molecular flexibility index (Phi) is 19.0. The number of ketones is 1. The lowest BCUT2D eigenvalue weighted by molar-refractivity contribution is -0.139. The first-order valence-electron chi connectivity index (χ1n) is 16.7. The minimum Gasteiger partial charge on any atom is -0.506 e. The van der Waals surface area contributed by atoms with Gasteiger partial charge in [-0.1, -0.05) is 12.1 Å². The monoisotopic (exact) mass is 1040 g/mol. The number of carbonyl (C=O) groups excluding carboxylic acids is 4. The number of halogens is 2. The zero-order valence-corrected chi connectivity index (χ0v) is 35.7. The first-order chi connectivity index (χ1) is 26.4. The van der Waals surface area contributed by atoms with Gasteiger partial charge < -0.3 is 26.2 Å². The molecule has 56 heavy (non-hydrogen) atoms. The number of hydrogen-bond donors (Lipinski definition) is 8. The predicted molar refractivity (Wildman–Crippen MR) is 224 cm³/mol. The first kappa shape index (κ1) is 46.6. The van der Waals surface area contributed by atoms with E-state index in [9.17, 15) is 46.8 Å². The third-order valence-corrected chi connectivity index (χ3v) is 10.7. The Morgan fingerprint density at radius 2 is 1.29 bits per heavy atom. The Morgan fingerprint density at radius 1 is 0.750 bits per heavy atom. The fourth-order valence-electron chi connectivity index (χ4n) is 5.13. The standard InChI is InChI=1S/C34H41I2N7O11S2/c35-28-16-23(17-29(36)34(28)50)3-10-30(45)38-11-12-39-31(46)19-42(18-26(44)15-22-1-8-27(9-2-22)56(37,53)54)13-14-43(21-33(48)49)20-32(47)40-24-4-6-25(7-5-24)41-55(51)52/h1-2,4-9,16-17,41,50H,3,10-15,18-21H2,(H,38,45)(H,39,46)(H,40,47)(H,48,49)(H,51,52)(H2,37,53,54). The van der Waals surface area contributed by atoms with Gasteiger partial charge in [-0.25, -0.2) is 17.8 Å². The number of aromatic hydroxyl groups is 1. The van der Waals surface area contributed by atoms with Crippen LogP contribution in [-0.4, -0.2) is 119 Å². The number of primary sulfonamides is 1. The Hall–Kier alpha value is -3.79. The maximum Gasteiger partial charge on any atom is 0.317 e. The Balaban J connectivity index is 1.59. The second kappa shape index (κ2) is 22.8. The lowest BCUT2D eigenvalue weighted by atomic mass is 10.1. The number of amides is 3. The molecule has 18 nitrogen and oxygen atoms in total. The molecule has 0 heterocycles. The van der Waals surface area contributed by atoms with E-state index in [1.165, 1.54) is 58.3 Å². The number of aryl methyl sites for hydroxylation is 1. The van der Waals surface area contributed by atoms with E-state index in [4.69, 9.17) is 9.69 Å². The molecular weight excluding hydrogens is 1000 g/mol. The van der Waals surface area contributed by atoms with Gasteiger partial charge in [0.2, 0.25) is 27.7 Å². The quantitative estimate of drug-likeness (QED) is 0.0376. The molecule has 0 fully saturated rings. The normalized spacial score (nSPS) is 11.9. The van der Waals surface area contributed by atoms with Gasteiger partial charge >= 0.3 is 5.97 Å². The summed E-state index contributed by atoms with van der Waals surface area (Å²) in [5, 5.41) is 32.7. The number of nitrogens with two attached hydrogens (primary N) is 1. The molecule has 0 saturated carbocycles. The van der Waals surface area contributed by atoms with Gasteiger partial charge in [-0.15, -0.1) is 0 Å². The van der Waals surface area contributed by atoms with Gasteiger partial charge in [0.05, 0.1) is 38.2 Å². The molecule has 3 amide bonds. The summed E-state index contributed by atoms with van der Waals surface area (Å²) in [6.45, 7) is -1.26. The van der Waals surface area contributed by atoms with E-state index in [-0.39, 0.29) is 81.0 Å². The molecule has 304 valence electrons. The van der Waals surface area contributed by atoms with Crippen molar-refractivity contribution in [3.8, 4) is 5.75 Å². The van der Waals surface area contributed by atoms with Crippen LogP contribution < -0.4 is 25.8 Å². The van der Waals surface area contributed by atoms with Crippen molar-refractivity contribution in [3.63, 3.8) is 0 Å². The van der Waals surface area contributed by atoms with Crippen molar-refractivity contribution in [2.45, 2.75) is 24.2 Å². The van der Waals surface area contributed by atoms with Crippen molar-refractivity contribution in [2.24, 2.45) is 5.14 Å². The topological polar surface area (TPSA) is 278 Å². The number of benzene rings is 3. The number of anilines is 2. The average molecular weight is 1040 g/mol. The van der Waals surface area contributed by atoms with Gasteiger partial charge in [0.1, 0.15) is 5.75 Å². The van der Waals surface area contributed by atoms with E-state index in [1.807, 2.05) is 45.2 Å². The lowest BCUT2D eigenvalue weighted by Gasteiger charge is -2.26. The van der Waals surface area contributed by atoms with E-state index in [1.54, 1.807) is 12.1 Å².